The first-order valence-electron chi connectivity index (χ1n) is 5.81. The molecule has 6 nitrogen and oxygen atoms in total. The zero-order valence-corrected chi connectivity index (χ0v) is 11.9. The number of rotatable bonds is 4. The van der Waals surface area contributed by atoms with Gasteiger partial charge in [0.15, 0.2) is 0 Å². The quantitative estimate of drug-likeness (QED) is 0.838. The van der Waals surface area contributed by atoms with Crippen LogP contribution in [-0.4, -0.2) is 20.5 Å². The van der Waals surface area contributed by atoms with Crippen molar-refractivity contribution in [1.29, 1.82) is 0 Å². The number of sulfonamides is 1. The zero-order chi connectivity index (χ0) is 14.8. The number of nitrogen functional groups attached to an aromatic ring is 1. The van der Waals surface area contributed by atoms with Gasteiger partial charge in [-0.15, -0.1) is 0 Å². The average Bonchev–Trinajstić information content (AvgIpc) is 2.42. The van der Waals surface area contributed by atoms with Gasteiger partial charge in [0.05, 0.1) is 12.8 Å². The lowest BCUT2D eigenvalue weighted by Crippen LogP contribution is -2.14. The van der Waals surface area contributed by atoms with Gasteiger partial charge in [-0.25, -0.2) is 8.42 Å². The van der Waals surface area contributed by atoms with Crippen molar-refractivity contribution in [3.05, 3.63) is 42.2 Å². The van der Waals surface area contributed by atoms with Gasteiger partial charge in [0, 0.05) is 18.1 Å². The fourth-order valence-corrected chi connectivity index (χ4v) is 2.92. The predicted molar refractivity (Wildman–Crippen MR) is 77.2 cm³/mol. The minimum absolute atomic E-state index is 0.0000813. The van der Waals surface area contributed by atoms with Crippen molar-refractivity contribution in [2.45, 2.75) is 11.8 Å². The fraction of sp³-hybridized carbons (Fsp3) is 0.154. The lowest BCUT2D eigenvalue weighted by Gasteiger charge is -2.13. The van der Waals surface area contributed by atoms with Crippen molar-refractivity contribution in [2.24, 2.45) is 0 Å². The number of hydrogen-bond donors (Lipinski definition) is 2. The van der Waals surface area contributed by atoms with Gasteiger partial charge >= 0.3 is 0 Å². The molecule has 1 aromatic carbocycles. The summed E-state index contributed by atoms with van der Waals surface area (Å²) in [5.41, 5.74) is 7.34. The topological polar surface area (TPSA) is 94.3 Å². The predicted octanol–water partition coefficient (Wildman–Crippen LogP) is 1.78. The highest BCUT2D eigenvalue weighted by Gasteiger charge is 2.21. The number of anilines is 2. The van der Waals surface area contributed by atoms with Gasteiger partial charge in [-0.2, -0.15) is 0 Å². The summed E-state index contributed by atoms with van der Waals surface area (Å²) in [7, 11) is -2.37. The molecule has 0 amide bonds. The van der Waals surface area contributed by atoms with Crippen molar-refractivity contribution in [3.63, 3.8) is 0 Å². The Morgan fingerprint density at radius 2 is 1.90 bits per heavy atom. The summed E-state index contributed by atoms with van der Waals surface area (Å²) < 4.78 is 32.3. The summed E-state index contributed by atoms with van der Waals surface area (Å²) in [5.74, 6) is 0.248. The molecule has 0 fully saturated rings. The minimum Gasteiger partial charge on any atom is -0.495 e. The summed E-state index contributed by atoms with van der Waals surface area (Å²) in [5, 5.41) is 0. The molecule has 0 aliphatic heterocycles. The van der Waals surface area contributed by atoms with Crippen LogP contribution in [-0.2, 0) is 10.0 Å². The number of nitrogens with two attached hydrogens (primary N) is 1. The van der Waals surface area contributed by atoms with Crippen LogP contribution < -0.4 is 15.2 Å². The molecule has 20 heavy (non-hydrogen) atoms. The van der Waals surface area contributed by atoms with E-state index >= 15 is 0 Å². The van der Waals surface area contributed by atoms with E-state index in [9.17, 15) is 8.42 Å². The van der Waals surface area contributed by atoms with E-state index < -0.39 is 10.0 Å². The van der Waals surface area contributed by atoms with E-state index in [1.807, 2.05) is 0 Å². The van der Waals surface area contributed by atoms with Crippen molar-refractivity contribution in [2.75, 3.05) is 17.6 Å². The summed E-state index contributed by atoms with van der Waals surface area (Å²) in [6, 6.07) is 6.09. The number of aryl methyl sites for hydroxylation is 1. The van der Waals surface area contributed by atoms with E-state index in [0.717, 1.165) is 5.56 Å². The molecule has 0 aliphatic rings. The molecule has 1 heterocycles. The maximum atomic E-state index is 12.4. The third-order valence-electron chi connectivity index (χ3n) is 2.77. The molecule has 3 N–H and O–H groups in total. The second kappa shape index (κ2) is 5.38. The van der Waals surface area contributed by atoms with Crippen molar-refractivity contribution >= 4 is 21.4 Å². The molecule has 0 spiro atoms. The highest BCUT2D eigenvalue weighted by Crippen LogP contribution is 2.30. The lowest BCUT2D eigenvalue weighted by molar-refractivity contribution is 0.402. The Labute approximate surface area is 117 Å². The van der Waals surface area contributed by atoms with Gasteiger partial charge < -0.3 is 10.5 Å². The first-order chi connectivity index (χ1) is 9.44. The van der Waals surface area contributed by atoms with Crippen LogP contribution >= 0.6 is 0 Å². The van der Waals surface area contributed by atoms with Gasteiger partial charge in [0.2, 0.25) is 0 Å². The van der Waals surface area contributed by atoms with Crippen LogP contribution in [0.1, 0.15) is 5.56 Å². The third-order valence-corrected chi connectivity index (χ3v) is 4.18. The van der Waals surface area contributed by atoms with Crippen LogP contribution in [0.5, 0.6) is 5.75 Å². The molecule has 0 saturated carbocycles. The number of pyridine rings is 1. The highest BCUT2D eigenvalue weighted by atomic mass is 32.2. The molecule has 2 aromatic rings. The van der Waals surface area contributed by atoms with Crippen molar-refractivity contribution < 1.29 is 13.2 Å². The largest absolute Gasteiger partial charge is 0.495 e. The van der Waals surface area contributed by atoms with E-state index in [4.69, 9.17) is 10.5 Å². The molecule has 0 atom stereocenters. The van der Waals surface area contributed by atoms with Crippen LogP contribution in [0.15, 0.2) is 41.6 Å². The number of hydrogen-bond acceptors (Lipinski definition) is 5. The second-order valence-corrected chi connectivity index (χ2v) is 5.85. The zero-order valence-electron chi connectivity index (χ0n) is 11.1. The van der Waals surface area contributed by atoms with E-state index in [1.54, 1.807) is 25.1 Å². The molecule has 0 aliphatic carbocycles. The normalized spacial score (nSPS) is 11.1. The molecule has 1 aromatic heterocycles. The Morgan fingerprint density at radius 3 is 2.50 bits per heavy atom. The Bertz CT molecular complexity index is 715. The summed E-state index contributed by atoms with van der Waals surface area (Å²) in [4.78, 5) is 3.83. The summed E-state index contributed by atoms with van der Waals surface area (Å²) in [6.45, 7) is 1.78. The van der Waals surface area contributed by atoms with E-state index in [1.165, 1.54) is 25.6 Å². The molecule has 0 saturated heterocycles. The molecule has 0 bridgehead atoms. The third kappa shape index (κ3) is 2.83. The number of nitrogens with one attached hydrogen (secondary N) is 1. The van der Waals surface area contributed by atoms with Crippen LogP contribution in [0.2, 0.25) is 0 Å². The fourth-order valence-electron chi connectivity index (χ4n) is 1.68. The van der Waals surface area contributed by atoms with Gasteiger partial charge in [-0.05, 0) is 36.8 Å². The second-order valence-electron chi connectivity index (χ2n) is 4.20. The Morgan fingerprint density at radius 1 is 1.25 bits per heavy atom. The highest BCUT2D eigenvalue weighted by molar-refractivity contribution is 7.92. The molecule has 2 rings (SSSR count). The number of aromatic nitrogens is 1. The Kier molecular flexibility index (Phi) is 3.80. The maximum absolute atomic E-state index is 12.4. The molecule has 106 valence electrons. The number of nitrogens with zero attached hydrogens (tertiary/aromatic N) is 1. The SMILES string of the molecule is COc1cc(C)c(N)cc1S(=O)(=O)Nc1ccncc1. The smallest absolute Gasteiger partial charge is 0.265 e. The molecular weight excluding hydrogens is 278 g/mol. The first-order valence-corrected chi connectivity index (χ1v) is 7.29. The van der Waals surface area contributed by atoms with Crippen LogP contribution in [0.4, 0.5) is 11.4 Å². The van der Waals surface area contributed by atoms with E-state index in [-0.39, 0.29) is 10.6 Å². The summed E-state index contributed by atoms with van der Waals surface area (Å²) >= 11 is 0. The van der Waals surface area contributed by atoms with Gasteiger partial charge in [0.25, 0.3) is 10.0 Å². The van der Waals surface area contributed by atoms with Crippen molar-refractivity contribution in [3.8, 4) is 5.75 Å². The molecule has 7 heteroatoms. The Hall–Kier alpha value is -2.28. The standard InChI is InChI=1S/C13H15N3O3S/c1-9-7-12(19-2)13(8-11(9)14)20(17,18)16-10-3-5-15-6-4-10/h3-8H,14H2,1-2H3,(H,15,16). The Balaban J connectivity index is 2.47. The molecule has 0 unspecified atom stereocenters. The molecule has 0 radical (unpaired) electrons. The monoisotopic (exact) mass is 293 g/mol. The average molecular weight is 293 g/mol. The van der Waals surface area contributed by atoms with E-state index in [2.05, 4.69) is 9.71 Å². The number of ether oxygens (including phenoxy) is 1. The van der Waals surface area contributed by atoms with Gasteiger partial charge in [-0.1, -0.05) is 0 Å². The van der Waals surface area contributed by atoms with Crippen molar-refractivity contribution in [1.82, 2.24) is 4.98 Å². The lowest BCUT2D eigenvalue weighted by atomic mass is 10.2. The molecular formula is C13H15N3O3S. The van der Waals surface area contributed by atoms with Gasteiger partial charge in [-0.3, -0.25) is 9.71 Å². The van der Waals surface area contributed by atoms with Crippen LogP contribution in [0.3, 0.4) is 0 Å². The van der Waals surface area contributed by atoms with Crippen LogP contribution in [0, 0.1) is 6.92 Å². The first kappa shape index (κ1) is 14.1. The minimum atomic E-state index is -3.78. The van der Waals surface area contributed by atoms with Crippen LogP contribution in [0.25, 0.3) is 0 Å². The summed E-state index contributed by atoms with van der Waals surface area (Å²) in [6.07, 6.45) is 3.00. The maximum Gasteiger partial charge on any atom is 0.265 e. The number of methoxy groups -OCH3 is 1. The number of benzene rings is 1. The van der Waals surface area contributed by atoms with E-state index in [0.29, 0.717) is 11.4 Å². The van der Waals surface area contributed by atoms with Gasteiger partial charge in [0.1, 0.15) is 10.6 Å².